The summed E-state index contributed by atoms with van der Waals surface area (Å²) >= 11 is 0. The summed E-state index contributed by atoms with van der Waals surface area (Å²) < 4.78 is 0. The number of rotatable bonds is 3. The van der Waals surface area contributed by atoms with Gasteiger partial charge >= 0.3 is 0 Å². The van der Waals surface area contributed by atoms with E-state index >= 15 is 0 Å². The van der Waals surface area contributed by atoms with Crippen LogP contribution in [-0.2, 0) is 6.54 Å². The van der Waals surface area contributed by atoms with Crippen molar-refractivity contribution >= 4 is 0 Å². The molecule has 84 valence electrons. The molecular formula is C14H23N. The first-order valence-electron chi connectivity index (χ1n) is 5.65. The predicted molar refractivity (Wildman–Crippen MR) is 67.1 cm³/mol. The molecule has 15 heavy (non-hydrogen) atoms. The lowest BCUT2D eigenvalue weighted by molar-refractivity contribution is 0.379. The average Bonchev–Trinajstić information content (AvgIpc) is 2.09. The summed E-state index contributed by atoms with van der Waals surface area (Å²) in [4.78, 5) is 0. The number of benzene rings is 1. The molecule has 0 saturated carbocycles. The second-order valence-corrected chi connectivity index (χ2v) is 5.59. The van der Waals surface area contributed by atoms with Crippen molar-refractivity contribution in [2.24, 2.45) is 5.41 Å². The molecule has 0 aliphatic rings. The zero-order chi connectivity index (χ0) is 11.5. The molecule has 0 radical (unpaired) electrons. The Morgan fingerprint density at radius 1 is 1.13 bits per heavy atom. The lowest BCUT2D eigenvalue weighted by Gasteiger charge is -2.19. The Labute approximate surface area is 93.9 Å². The zero-order valence-electron chi connectivity index (χ0n) is 10.6. The lowest BCUT2D eigenvalue weighted by atomic mass is 9.96. The summed E-state index contributed by atoms with van der Waals surface area (Å²) in [5.74, 6) is 0. The lowest BCUT2D eigenvalue weighted by Crippen LogP contribution is -2.26. The summed E-state index contributed by atoms with van der Waals surface area (Å²) in [6.07, 6.45) is 0. The summed E-state index contributed by atoms with van der Waals surface area (Å²) in [5.41, 5.74) is 4.49. The minimum absolute atomic E-state index is 0.359. The molecule has 0 spiro atoms. The van der Waals surface area contributed by atoms with E-state index in [-0.39, 0.29) is 0 Å². The maximum Gasteiger partial charge on any atom is 0.0208 e. The molecular weight excluding hydrogens is 182 g/mol. The number of hydrogen-bond donors (Lipinski definition) is 1. The number of aryl methyl sites for hydroxylation is 2. The monoisotopic (exact) mass is 205 g/mol. The smallest absolute Gasteiger partial charge is 0.0208 e. The van der Waals surface area contributed by atoms with E-state index in [1.54, 1.807) is 0 Å². The highest BCUT2D eigenvalue weighted by molar-refractivity contribution is 5.30. The molecule has 1 heteroatoms. The van der Waals surface area contributed by atoms with Crippen molar-refractivity contribution in [2.75, 3.05) is 6.54 Å². The standard InChI is InChI=1S/C14H23N/c1-11-6-7-12(2)13(8-11)9-15-10-14(3,4)5/h6-8,15H,9-10H2,1-5H3. The molecule has 1 N–H and O–H groups in total. The van der Waals surface area contributed by atoms with Crippen LogP contribution in [0.25, 0.3) is 0 Å². The second kappa shape index (κ2) is 4.80. The Kier molecular flexibility index (Phi) is 3.92. The van der Waals surface area contributed by atoms with Crippen LogP contribution in [0.2, 0.25) is 0 Å². The maximum atomic E-state index is 3.51. The highest BCUT2D eigenvalue weighted by atomic mass is 14.9. The molecule has 0 aromatic heterocycles. The van der Waals surface area contributed by atoms with Crippen molar-refractivity contribution in [1.82, 2.24) is 5.32 Å². The molecule has 0 amide bonds. The third kappa shape index (κ3) is 4.48. The van der Waals surface area contributed by atoms with Crippen LogP contribution in [0, 0.1) is 19.3 Å². The summed E-state index contributed by atoms with van der Waals surface area (Å²) in [6, 6.07) is 6.64. The molecule has 1 aromatic carbocycles. The van der Waals surface area contributed by atoms with E-state index in [2.05, 4.69) is 58.1 Å². The molecule has 1 rings (SSSR count). The molecule has 1 aromatic rings. The Morgan fingerprint density at radius 3 is 2.40 bits per heavy atom. The van der Waals surface area contributed by atoms with Gasteiger partial charge in [0.2, 0.25) is 0 Å². The van der Waals surface area contributed by atoms with Crippen LogP contribution < -0.4 is 5.32 Å². The van der Waals surface area contributed by atoms with Gasteiger partial charge in [-0.3, -0.25) is 0 Å². The van der Waals surface area contributed by atoms with Gasteiger partial charge in [0.1, 0.15) is 0 Å². The van der Waals surface area contributed by atoms with Gasteiger partial charge in [0, 0.05) is 13.1 Å². The SMILES string of the molecule is Cc1ccc(C)c(CNCC(C)(C)C)c1. The Bertz CT molecular complexity index is 321. The zero-order valence-corrected chi connectivity index (χ0v) is 10.6. The fourth-order valence-corrected chi connectivity index (χ4v) is 1.56. The van der Waals surface area contributed by atoms with E-state index in [0.717, 1.165) is 13.1 Å². The number of nitrogens with one attached hydrogen (secondary N) is 1. The Morgan fingerprint density at radius 2 is 1.80 bits per heavy atom. The maximum absolute atomic E-state index is 3.51. The first-order valence-corrected chi connectivity index (χ1v) is 5.65. The number of hydrogen-bond acceptors (Lipinski definition) is 1. The fourth-order valence-electron chi connectivity index (χ4n) is 1.56. The van der Waals surface area contributed by atoms with Crippen molar-refractivity contribution in [1.29, 1.82) is 0 Å². The first-order chi connectivity index (χ1) is 6.88. The van der Waals surface area contributed by atoms with Crippen molar-refractivity contribution in [3.05, 3.63) is 34.9 Å². The van der Waals surface area contributed by atoms with Gasteiger partial charge in [0.05, 0.1) is 0 Å². The van der Waals surface area contributed by atoms with E-state index in [0.29, 0.717) is 5.41 Å². The van der Waals surface area contributed by atoms with Crippen LogP contribution >= 0.6 is 0 Å². The molecule has 0 unspecified atom stereocenters. The topological polar surface area (TPSA) is 12.0 Å². The molecule has 0 atom stereocenters. The van der Waals surface area contributed by atoms with Crippen LogP contribution in [-0.4, -0.2) is 6.54 Å². The van der Waals surface area contributed by atoms with Crippen LogP contribution in [0.4, 0.5) is 0 Å². The highest BCUT2D eigenvalue weighted by Crippen LogP contribution is 2.13. The Hall–Kier alpha value is -0.820. The molecule has 0 bridgehead atoms. The summed E-state index contributed by atoms with van der Waals surface area (Å²) in [5, 5.41) is 3.51. The Balaban J connectivity index is 2.54. The minimum atomic E-state index is 0.359. The van der Waals surface area contributed by atoms with E-state index in [1.165, 1.54) is 16.7 Å². The van der Waals surface area contributed by atoms with Gasteiger partial charge < -0.3 is 5.32 Å². The van der Waals surface area contributed by atoms with Crippen LogP contribution in [0.1, 0.15) is 37.5 Å². The average molecular weight is 205 g/mol. The summed E-state index contributed by atoms with van der Waals surface area (Å²) in [6.45, 7) is 13.1. The van der Waals surface area contributed by atoms with Gasteiger partial charge in [0.25, 0.3) is 0 Å². The molecule has 1 nitrogen and oxygen atoms in total. The third-order valence-corrected chi connectivity index (χ3v) is 2.48. The van der Waals surface area contributed by atoms with E-state index in [4.69, 9.17) is 0 Å². The van der Waals surface area contributed by atoms with E-state index in [1.807, 2.05) is 0 Å². The summed E-state index contributed by atoms with van der Waals surface area (Å²) in [7, 11) is 0. The van der Waals surface area contributed by atoms with E-state index in [9.17, 15) is 0 Å². The molecule has 0 aliphatic heterocycles. The van der Waals surface area contributed by atoms with Crippen molar-refractivity contribution < 1.29 is 0 Å². The second-order valence-electron chi connectivity index (χ2n) is 5.59. The predicted octanol–water partition coefficient (Wildman–Crippen LogP) is 3.44. The quantitative estimate of drug-likeness (QED) is 0.797. The molecule has 0 heterocycles. The normalized spacial score (nSPS) is 11.8. The van der Waals surface area contributed by atoms with Crippen molar-refractivity contribution in [3.8, 4) is 0 Å². The van der Waals surface area contributed by atoms with Gasteiger partial charge in [0.15, 0.2) is 0 Å². The molecule has 0 fully saturated rings. The van der Waals surface area contributed by atoms with Crippen LogP contribution in [0.3, 0.4) is 0 Å². The van der Waals surface area contributed by atoms with Crippen molar-refractivity contribution in [2.45, 2.75) is 41.2 Å². The molecule has 0 saturated heterocycles. The minimum Gasteiger partial charge on any atom is -0.312 e. The first kappa shape index (κ1) is 12.3. The van der Waals surface area contributed by atoms with Gasteiger partial charge in [-0.2, -0.15) is 0 Å². The highest BCUT2D eigenvalue weighted by Gasteiger charge is 2.09. The van der Waals surface area contributed by atoms with Gasteiger partial charge in [-0.25, -0.2) is 0 Å². The van der Waals surface area contributed by atoms with Gasteiger partial charge in [-0.15, -0.1) is 0 Å². The van der Waals surface area contributed by atoms with Crippen molar-refractivity contribution in [3.63, 3.8) is 0 Å². The third-order valence-electron chi connectivity index (χ3n) is 2.48. The van der Waals surface area contributed by atoms with Crippen LogP contribution in [0.15, 0.2) is 18.2 Å². The van der Waals surface area contributed by atoms with E-state index < -0.39 is 0 Å². The molecule has 0 aliphatic carbocycles. The van der Waals surface area contributed by atoms with Crippen LogP contribution in [0.5, 0.6) is 0 Å². The van der Waals surface area contributed by atoms with Gasteiger partial charge in [-0.05, 0) is 30.4 Å². The fraction of sp³-hybridized carbons (Fsp3) is 0.571. The van der Waals surface area contributed by atoms with Gasteiger partial charge in [-0.1, -0.05) is 44.5 Å². The largest absolute Gasteiger partial charge is 0.312 e.